The molecule has 1 atom stereocenters. The number of hydrogen-bond donors (Lipinski definition) is 1. The molecule has 1 unspecified atom stereocenters. The van der Waals surface area contributed by atoms with E-state index in [0.29, 0.717) is 12.4 Å². The van der Waals surface area contributed by atoms with Gasteiger partial charge in [-0.25, -0.2) is 0 Å². The van der Waals surface area contributed by atoms with E-state index in [4.69, 9.17) is 4.74 Å². The van der Waals surface area contributed by atoms with Gasteiger partial charge in [-0.15, -0.1) is 0 Å². The van der Waals surface area contributed by atoms with Crippen molar-refractivity contribution in [3.63, 3.8) is 0 Å². The van der Waals surface area contributed by atoms with E-state index in [1.54, 1.807) is 23.5 Å². The Hall–Kier alpha value is -1.14. The van der Waals surface area contributed by atoms with E-state index in [1.807, 2.05) is 38.1 Å². The molecular formula is C15H20N2O2S2. The lowest BCUT2D eigenvalue weighted by molar-refractivity contribution is -0.115. The minimum atomic E-state index is -0.121. The maximum Gasteiger partial charge on any atom is 0.238 e. The molecule has 1 aromatic rings. The van der Waals surface area contributed by atoms with Crippen molar-refractivity contribution >= 4 is 39.5 Å². The molecule has 0 aromatic heterocycles. The number of benzene rings is 1. The van der Waals surface area contributed by atoms with Gasteiger partial charge >= 0.3 is 0 Å². The molecule has 1 aromatic carbocycles. The second-order valence-electron chi connectivity index (χ2n) is 4.43. The summed E-state index contributed by atoms with van der Waals surface area (Å²) in [5, 5.41) is 2.85. The molecule has 2 rings (SSSR count). The third-order valence-corrected chi connectivity index (χ3v) is 5.48. The average molecular weight is 324 g/mol. The highest BCUT2D eigenvalue weighted by Gasteiger charge is 2.22. The zero-order valence-corrected chi connectivity index (χ0v) is 13.9. The van der Waals surface area contributed by atoms with Crippen LogP contribution >= 0.6 is 23.5 Å². The number of para-hydroxylation sites is 2. The van der Waals surface area contributed by atoms with E-state index in [-0.39, 0.29) is 11.2 Å². The van der Waals surface area contributed by atoms with Crippen LogP contribution in [0.3, 0.4) is 0 Å². The molecule has 114 valence electrons. The number of rotatable bonds is 6. The minimum absolute atomic E-state index is 0.00449. The lowest BCUT2D eigenvalue weighted by Gasteiger charge is -2.16. The van der Waals surface area contributed by atoms with Gasteiger partial charge in [-0.3, -0.25) is 9.79 Å². The second-order valence-corrected chi connectivity index (χ2v) is 6.96. The van der Waals surface area contributed by atoms with Crippen LogP contribution < -0.4 is 10.1 Å². The largest absolute Gasteiger partial charge is 0.492 e. The monoisotopic (exact) mass is 324 g/mol. The number of amides is 1. The molecule has 1 amide bonds. The predicted octanol–water partition coefficient (Wildman–Crippen LogP) is 3.64. The smallest absolute Gasteiger partial charge is 0.238 e. The van der Waals surface area contributed by atoms with Gasteiger partial charge in [-0.05, 0) is 25.5 Å². The molecule has 1 aliphatic rings. The van der Waals surface area contributed by atoms with Gasteiger partial charge in [0, 0.05) is 5.75 Å². The van der Waals surface area contributed by atoms with E-state index in [2.05, 4.69) is 10.3 Å². The van der Waals surface area contributed by atoms with Gasteiger partial charge in [-0.1, -0.05) is 42.6 Å². The van der Waals surface area contributed by atoms with Crippen LogP contribution in [0.25, 0.3) is 0 Å². The van der Waals surface area contributed by atoms with Gasteiger partial charge < -0.3 is 10.1 Å². The van der Waals surface area contributed by atoms with Crippen LogP contribution in [0, 0.1) is 0 Å². The number of aliphatic imine (C=N–C) groups is 1. The van der Waals surface area contributed by atoms with E-state index in [0.717, 1.165) is 28.8 Å². The summed E-state index contributed by atoms with van der Waals surface area (Å²) in [6.07, 6.45) is 0.771. The van der Waals surface area contributed by atoms with Gasteiger partial charge in [0.05, 0.1) is 24.1 Å². The Balaban J connectivity index is 2.01. The maximum atomic E-state index is 12.4. The molecule has 4 nitrogen and oxygen atoms in total. The fourth-order valence-electron chi connectivity index (χ4n) is 1.90. The molecule has 1 N–H and O–H groups in total. The van der Waals surface area contributed by atoms with Gasteiger partial charge in [0.2, 0.25) is 5.91 Å². The summed E-state index contributed by atoms with van der Waals surface area (Å²) in [6.45, 7) is 5.38. The number of hydrogen-bond acceptors (Lipinski definition) is 5. The van der Waals surface area contributed by atoms with E-state index in [9.17, 15) is 4.79 Å². The quantitative estimate of drug-likeness (QED) is 0.868. The normalized spacial score (nSPS) is 15.4. The highest BCUT2D eigenvalue weighted by Crippen LogP contribution is 2.29. The first-order chi connectivity index (χ1) is 10.2. The first kappa shape index (κ1) is 16.2. The molecule has 1 aliphatic heterocycles. The topological polar surface area (TPSA) is 50.7 Å². The minimum Gasteiger partial charge on any atom is -0.492 e. The zero-order valence-electron chi connectivity index (χ0n) is 12.3. The van der Waals surface area contributed by atoms with Crippen LogP contribution in [0.15, 0.2) is 29.3 Å². The van der Waals surface area contributed by atoms with Gasteiger partial charge in [-0.2, -0.15) is 0 Å². The molecule has 0 saturated heterocycles. The van der Waals surface area contributed by atoms with E-state index in [1.165, 1.54) is 0 Å². The molecule has 0 saturated carbocycles. The van der Waals surface area contributed by atoms with Gasteiger partial charge in [0.25, 0.3) is 0 Å². The summed E-state index contributed by atoms with van der Waals surface area (Å²) < 4.78 is 6.56. The van der Waals surface area contributed by atoms with Crippen molar-refractivity contribution in [1.82, 2.24) is 0 Å². The van der Waals surface area contributed by atoms with Crippen LogP contribution in [0.5, 0.6) is 5.75 Å². The molecule has 0 fully saturated rings. The number of carbonyl (C=O) groups is 1. The molecule has 21 heavy (non-hydrogen) atoms. The van der Waals surface area contributed by atoms with Crippen molar-refractivity contribution in [3.8, 4) is 5.75 Å². The zero-order chi connectivity index (χ0) is 15.1. The summed E-state index contributed by atoms with van der Waals surface area (Å²) in [7, 11) is 0. The Labute approximate surface area is 134 Å². The van der Waals surface area contributed by atoms with Crippen LogP contribution in [0.2, 0.25) is 0 Å². The Morgan fingerprint density at radius 2 is 2.29 bits per heavy atom. The maximum absolute atomic E-state index is 12.4. The van der Waals surface area contributed by atoms with Crippen molar-refractivity contribution in [2.75, 3.05) is 24.2 Å². The average Bonchev–Trinajstić information content (AvgIpc) is 3.00. The Morgan fingerprint density at radius 3 is 2.95 bits per heavy atom. The summed E-state index contributed by atoms with van der Waals surface area (Å²) in [5.74, 6) is 1.73. The Bertz CT molecular complexity index is 520. The molecule has 1 heterocycles. The number of thioether (sulfide) groups is 2. The SMILES string of the molecule is CCOc1ccccc1NC(=O)C(CC)SC1=NCCS1. The van der Waals surface area contributed by atoms with Crippen molar-refractivity contribution in [3.05, 3.63) is 24.3 Å². The second kappa shape index (κ2) is 8.34. The number of nitrogens with zero attached hydrogens (tertiary/aromatic N) is 1. The van der Waals surface area contributed by atoms with Crippen molar-refractivity contribution in [2.45, 2.75) is 25.5 Å². The van der Waals surface area contributed by atoms with Crippen molar-refractivity contribution < 1.29 is 9.53 Å². The Morgan fingerprint density at radius 1 is 1.48 bits per heavy atom. The lowest BCUT2D eigenvalue weighted by Crippen LogP contribution is -2.25. The standard InChI is InChI=1S/C15H20N2O2S2/c1-3-13(21-15-16-9-10-20-15)14(18)17-11-7-5-6-8-12(11)19-4-2/h5-8,13H,3-4,9-10H2,1-2H3,(H,17,18). The number of carbonyl (C=O) groups excluding carboxylic acids is 1. The van der Waals surface area contributed by atoms with Crippen LogP contribution in [-0.2, 0) is 4.79 Å². The predicted molar refractivity (Wildman–Crippen MR) is 92.7 cm³/mol. The van der Waals surface area contributed by atoms with E-state index >= 15 is 0 Å². The molecule has 0 spiro atoms. The number of ether oxygens (including phenoxy) is 1. The first-order valence-corrected chi connectivity index (χ1v) is 8.97. The lowest BCUT2D eigenvalue weighted by atomic mass is 10.2. The summed E-state index contributed by atoms with van der Waals surface area (Å²) in [5.41, 5.74) is 0.726. The summed E-state index contributed by atoms with van der Waals surface area (Å²) in [6, 6.07) is 7.52. The molecule has 0 bridgehead atoms. The molecule has 0 aliphatic carbocycles. The van der Waals surface area contributed by atoms with Crippen molar-refractivity contribution in [2.24, 2.45) is 4.99 Å². The molecular weight excluding hydrogens is 304 g/mol. The highest BCUT2D eigenvalue weighted by molar-refractivity contribution is 8.39. The van der Waals surface area contributed by atoms with Gasteiger partial charge in [0.15, 0.2) is 0 Å². The van der Waals surface area contributed by atoms with Crippen LogP contribution in [0.4, 0.5) is 5.69 Å². The third-order valence-electron chi connectivity index (χ3n) is 2.91. The number of nitrogens with one attached hydrogen (secondary N) is 1. The van der Waals surface area contributed by atoms with Crippen LogP contribution in [-0.4, -0.2) is 34.4 Å². The number of anilines is 1. The van der Waals surface area contributed by atoms with Crippen molar-refractivity contribution in [1.29, 1.82) is 0 Å². The first-order valence-electron chi connectivity index (χ1n) is 7.11. The summed E-state index contributed by atoms with van der Waals surface area (Å²) in [4.78, 5) is 16.8. The third kappa shape index (κ3) is 4.68. The summed E-state index contributed by atoms with van der Waals surface area (Å²) >= 11 is 3.29. The van der Waals surface area contributed by atoms with E-state index < -0.39 is 0 Å². The fourth-order valence-corrected chi connectivity index (χ4v) is 4.05. The Kier molecular flexibility index (Phi) is 6.45. The molecule has 6 heteroatoms. The highest BCUT2D eigenvalue weighted by atomic mass is 32.2. The molecule has 0 radical (unpaired) electrons. The fraction of sp³-hybridized carbons (Fsp3) is 0.467. The van der Waals surface area contributed by atoms with Crippen LogP contribution in [0.1, 0.15) is 20.3 Å². The van der Waals surface area contributed by atoms with Gasteiger partial charge in [0.1, 0.15) is 10.1 Å².